The van der Waals surface area contributed by atoms with Crippen molar-refractivity contribution in [1.29, 1.82) is 0 Å². The van der Waals surface area contributed by atoms with Crippen molar-refractivity contribution in [1.82, 2.24) is 5.32 Å². The van der Waals surface area contributed by atoms with Crippen LogP contribution in [0.1, 0.15) is 16.7 Å². The average molecular weight is 447 g/mol. The molecule has 1 aliphatic rings. The number of thioether (sulfide) groups is 1. The summed E-state index contributed by atoms with van der Waals surface area (Å²) in [5.74, 6) is 1.10. The predicted molar refractivity (Wildman–Crippen MR) is 114 cm³/mol. The van der Waals surface area contributed by atoms with Gasteiger partial charge < -0.3 is 14.8 Å². The van der Waals surface area contributed by atoms with E-state index in [2.05, 4.69) is 32.3 Å². The summed E-state index contributed by atoms with van der Waals surface area (Å²) in [6.45, 7) is 4.05. The van der Waals surface area contributed by atoms with E-state index in [1.54, 1.807) is 26.4 Å². The minimum absolute atomic E-state index is 0.183. The molecule has 0 saturated carbocycles. The van der Waals surface area contributed by atoms with Gasteiger partial charge >= 0.3 is 0 Å². The molecule has 1 saturated heterocycles. The molecule has 2 aromatic rings. The number of benzene rings is 2. The summed E-state index contributed by atoms with van der Waals surface area (Å²) < 4.78 is 11.5. The molecule has 27 heavy (non-hydrogen) atoms. The fraction of sp³-hybridized carbons (Fsp3) is 0.200. The van der Waals surface area contributed by atoms with Gasteiger partial charge in [0.25, 0.3) is 5.91 Å². The Morgan fingerprint density at radius 3 is 2.33 bits per heavy atom. The molecule has 7 heteroatoms. The van der Waals surface area contributed by atoms with Crippen molar-refractivity contribution in [3.63, 3.8) is 0 Å². The standard InChI is InChI=1S/C20H19BrN2O3S/c1-11-5-12(2)7-14(6-11)22-20-23-19(24)18(27-20)9-13-8-15(21)17(26-4)10-16(13)25-3/h5-10H,1-4H3,(H,22,23,24)/b18-9-. The number of hydrogen-bond donors (Lipinski definition) is 1. The van der Waals surface area contributed by atoms with Gasteiger partial charge in [-0.05, 0) is 76.9 Å². The lowest BCUT2D eigenvalue weighted by molar-refractivity contribution is -0.115. The highest BCUT2D eigenvalue weighted by molar-refractivity contribution is 9.10. The van der Waals surface area contributed by atoms with Crippen molar-refractivity contribution >= 4 is 50.5 Å². The number of aryl methyl sites for hydroxylation is 2. The number of carbonyl (C=O) groups excluding carboxylic acids is 1. The first-order valence-electron chi connectivity index (χ1n) is 8.19. The molecule has 0 atom stereocenters. The Kier molecular flexibility index (Phi) is 5.92. The van der Waals surface area contributed by atoms with Crippen LogP contribution in [0.4, 0.5) is 5.69 Å². The number of halogens is 1. The van der Waals surface area contributed by atoms with Crippen LogP contribution >= 0.6 is 27.7 Å². The van der Waals surface area contributed by atoms with Crippen LogP contribution in [0.25, 0.3) is 6.08 Å². The third-order valence-corrected chi connectivity index (χ3v) is 5.41. The average Bonchev–Trinajstić information content (AvgIpc) is 2.93. The van der Waals surface area contributed by atoms with Gasteiger partial charge in [-0.2, -0.15) is 0 Å². The highest BCUT2D eigenvalue weighted by atomic mass is 79.9. The van der Waals surface area contributed by atoms with E-state index in [1.807, 2.05) is 32.0 Å². The quantitative estimate of drug-likeness (QED) is 0.673. The minimum atomic E-state index is -0.183. The van der Waals surface area contributed by atoms with E-state index in [9.17, 15) is 4.79 Å². The zero-order valence-corrected chi connectivity index (χ0v) is 17.8. The second-order valence-corrected chi connectivity index (χ2v) is 7.94. The predicted octanol–water partition coefficient (Wildman–Crippen LogP) is 4.97. The van der Waals surface area contributed by atoms with Crippen molar-refractivity contribution in [3.8, 4) is 11.5 Å². The molecule has 1 heterocycles. The molecule has 1 fully saturated rings. The maximum absolute atomic E-state index is 12.4. The summed E-state index contributed by atoms with van der Waals surface area (Å²) in [6, 6.07) is 9.69. The van der Waals surface area contributed by atoms with E-state index in [-0.39, 0.29) is 5.91 Å². The molecule has 5 nitrogen and oxygen atoms in total. The third-order valence-electron chi connectivity index (χ3n) is 3.88. The molecule has 0 aliphatic carbocycles. The Morgan fingerprint density at radius 1 is 1.04 bits per heavy atom. The fourth-order valence-corrected chi connectivity index (χ4v) is 4.11. The van der Waals surface area contributed by atoms with Gasteiger partial charge in [0.15, 0.2) is 5.17 Å². The molecule has 3 rings (SSSR count). The molecule has 0 aromatic heterocycles. The van der Waals surface area contributed by atoms with Gasteiger partial charge in [0.05, 0.1) is 29.3 Å². The van der Waals surface area contributed by atoms with Crippen LogP contribution in [0.3, 0.4) is 0 Å². The van der Waals surface area contributed by atoms with Crippen molar-refractivity contribution in [3.05, 3.63) is 56.4 Å². The van der Waals surface area contributed by atoms with Crippen molar-refractivity contribution < 1.29 is 14.3 Å². The summed E-state index contributed by atoms with van der Waals surface area (Å²) in [5, 5.41) is 3.37. The number of amidine groups is 1. The summed E-state index contributed by atoms with van der Waals surface area (Å²) >= 11 is 4.77. The normalized spacial score (nSPS) is 16.7. The number of rotatable bonds is 4. The monoisotopic (exact) mass is 446 g/mol. The van der Waals surface area contributed by atoms with Crippen LogP contribution in [-0.2, 0) is 4.79 Å². The number of amides is 1. The van der Waals surface area contributed by atoms with Crippen molar-refractivity contribution in [2.45, 2.75) is 13.8 Å². The van der Waals surface area contributed by atoms with Gasteiger partial charge in [-0.15, -0.1) is 0 Å². The number of carbonyl (C=O) groups is 1. The highest BCUT2D eigenvalue weighted by Crippen LogP contribution is 2.36. The summed E-state index contributed by atoms with van der Waals surface area (Å²) in [7, 11) is 3.17. The number of nitrogens with one attached hydrogen (secondary N) is 1. The molecule has 0 spiro atoms. The smallest absolute Gasteiger partial charge is 0.264 e. The van der Waals surface area contributed by atoms with Crippen LogP contribution in [0.2, 0.25) is 0 Å². The maximum Gasteiger partial charge on any atom is 0.264 e. The number of nitrogens with zero attached hydrogens (tertiary/aromatic N) is 1. The first-order chi connectivity index (χ1) is 12.9. The van der Waals surface area contributed by atoms with E-state index >= 15 is 0 Å². The Labute approximate surface area is 171 Å². The number of aliphatic imine (C=N–C) groups is 1. The first kappa shape index (κ1) is 19.5. The van der Waals surface area contributed by atoms with Gasteiger partial charge in [0.2, 0.25) is 0 Å². The SMILES string of the molecule is COc1cc(OC)c(/C=C2\SC(=Nc3cc(C)cc(C)c3)NC2=O)cc1Br. The lowest BCUT2D eigenvalue weighted by atomic mass is 10.1. The van der Waals surface area contributed by atoms with E-state index in [0.29, 0.717) is 21.6 Å². The summed E-state index contributed by atoms with van der Waals surface area (Å²) in [5.41, 5.74) is 3.86. The molecule has 140 valence electrons. The Balaban J connectivity index is 1.92. The van der Waals surface area contributed by atoms with Crippen LogP contribution in [0, 0.1) is 13.8 Å². The molecule has 2 aromatic carbocycles. The fourth-order valence-electron chi connectivity index (χ4n) is 2.75. The second kappa shape index (κ2) is 8.19. The van der Waals surface area contributed by atoms with Crippen LogP contribution in [-0.4, -0.2) is 25.3 Å². The molecular formula is C20H19BrN2O3S. The van der Waals surface area contributed by atoms with E-state index < -0.39 is 0 Å². The lowest BCUT2D eigenvalue weighted by Gasteiger charge is -2.10. The van der Waals surface area contributed by atoms with E-state index in [4.69, 9.17) is 9.47 Å². The van der Waals surface area contributed by atoms with Gasteiger partial charge in [0.1, 0.15) is 11.5 Å². The Hall–Kier alpha value is -2.25. The van der Waals surface area contributed by atoms with Gasteiger partial charge in [-0.25, -0.2) is 4.99 Å². The first-order valence-corrected chi connectivity index (χ1v) is 9.80. The maximum atomic E-state index is 12.4. The van der Waals surface area contributed by atoms with Crippen LogP contribution in [0.15, 0.2) is 44.7 Å². The van der Waals surface area contributed by atoms with Gasteiger partial charge in [-0.1, -0.05) is 6.07 Å². The molecule has 0 radical (unpaired) electrons. The van der Waals surface area contributed by atoms with Gasteiger partial charge in [0, 0.05) is 11.6 Å². The molecule has 0 unspecified atom stereocenters. The highest BCUT2D eigenvalue weighted by Gasteiger charge is 2.24. The largest absolute Gasteiger partial charge is 0.496 e. The Morgan fingerprint density at radius 2 is 1.70 bits per heavy atom. The Bertz CT molecular complexity index is 950. The number of hydrogen-bond acceptors (Lipinski definition) is 5. The van der Waals surface area contributed by atoms with Crippen LogP contribution in [0.5, 0.6) is 11.5 Å². The van der Waals surface area contributed by atoms with Crippen molar-refractivity contribution in [2.24, 2.45) is 4.99 Å². The van der Waals surface area contributed by atoms with E-state index in [1.165, 1.54) is 11.8 Å². The summed E-state index contributed by atoms with van der Waals surface area (Å²) in [6.07, 6.45) is 1.78. The minimum Gasteiger partial charge on any atom is -0.496 e. The molecule has 1 aliphatic heterocycles. The lowest BCUT2D eigenvalue weighted by Crippen LogP contribution is -2.19. The third kappa shape index (κ3) is 4.54. The topological polar surface area (TPSA) is 59.9 Å². The molecular weight excluding hydrogens is 428 g/mol. The molecule has 0 bridgehead atoms. The van der Waals surface area contributed by atoms with Crippen molar-refractivity contribution in [2.75, 3.05) is 14.2 Å². The number of methoxy groups -OCH3 is 2. The van der Waals surface area contributed by atoms with E-state index in [0.717, 1.165) is 26.9 Å². The molecule has 1 N–H and O–H groups in total. The van der Waals surface area contributed by atoms with Crippen LogP contribution < -0.4 is 14.8 Å². The number of ether oxygens (including phenoxy) is 2. The summed E-state index contributed by atoms with van der Waals surface area (Å²) in [4.78, 5) is 17.5. The van der Waals surface area contributed by atoms with Gasteiger partial charge in [-0.3, -0.25) is 4.79 Å². The second-order valence-electron chi connectivity index (χ2n) is 6.06. The zero-order valence-electron chi connectivity index (χ0n) is 15.4. The zero-order chi connectivity index (χ0) is 19.6. The molecule has 1 amide bonds.